The molecule has 0 atom stereocenters. The van der Waals surface area contributed by atoms with Gasteiger partial charge in [-0.25, -0.2) is 0 Å². The molecular formula is C8H8BClO3. The topological polar surface area (TPSA) is 38.7 Å². The van der Waals surface area contributed by atoms with Crippen LogP contribution in [0.15, 0.2) is 12.1 Å². The summed E-state index contributed by atoms with van der Waals surface area (Å²) in [4.78, 5) is 0. The maximum Gasteiger partial charge on any atom is 0.563 e. The largest absolute Gasteiger partial charge is 0.563 e. The minimum atomic E-state index is -0.898. The third-order valence-electron chi connectivity index (χ3n) is 1.89. The molecule has 2 rings (SSSR count). The van der Waals surface area contributed by atoms with Crippen LogP contribution in [0.4, 0.5) is 0 Å². The first-order valence-electron chi connectivity index (χ1n) is 3.95. The zero-order valence-corrected chi connectivity index (χ0v) is 7.84. The van der Waals surface area contributed by atoms with Crippen LogP contribution < -0.4 is 9.39 Å². The Morgan fingerprint density at radius 2 is 2.23 bits per heavy atom. The fraction of sp³-hybridized carbons (Fsp3) is 0.250. The van der Waals surface area contributed by atoms with Gasteiger partial charge in [0.05, 0.1) is 5.02 Å². The summed E-state index contributed by atoms with van der Waals surface area (Å²) in [7, 11) is -0.898. The van der Waals surface area contributed by atoms with Crippen molar-refractivity contribution in [3.05, 3.63) is 22.7 Å². The van der Waals surface area contributed by atoms with E-state index in [1.165, 1.54) is 0 Å². The van der Waals surface area contributed by atoms with Gasteiger partial charge in [-0.05, 0) is 18.6 Å². The van der Waals surface area contributed by atoms with Crippen LogP contribution >= 0.6 is 11.6 Å². The number of hydrogen-bond acceptors (Lipinski definition) is 3. The molecule has 3 nitrogen and oxygen atoms in total. The van der Waals surface area contributed by atoms with Crippen molar-refractivity contribution in [1.82, 2.24) is 0 Å². The highest BCUT2D eigenvalue weighted by atomic mass is 35.5. The van der Waals surface area contributed by atoms with E-state index in [0.717, 1.165) is 5.56 Å². The summed E-state index contributed by atoms with van der Waals surface area (Å²) in [6.45, 7) is 1.99. The molecule has 1 aromatic carbocycles. The van der Waals surface area contributed by atoms with E-state index in [1.54, 1.807) is 6.07 Å². The van der Waals surface area contributed by atoms with Crippen molar-refractivity contribution in [1.29, 1.82) is 0 Å². The molecular weight excluding hydrogens is 190 g/mol. The van der Waals surface area contributed by atoms with E-state index in [1.807, 2.05) is 13.0 Å². The van der Waals surface area contributed by atoms with Crippen LogP contribution in [0, 0.1) is 6.92 Å². The molecule has 0 unspecified atom stereocenters. The number of benzene rings is 1. The zero-order chi connectivity index (χ0) is 9.42. The molecule has 0 fully saturated rings. The van der Waals surface area contributed by atoms with Crippen molar-refractivity contribution < 1.29 is 14.4 Å². The fourth-order valence-electron chi connectivity index (χ4n) is 1.24. The molecule has 0 bridgehead atoms. The second-order valence-corrected chi connectivity index (χ2v) is 3.31. The average molecular weight is 198 g/mol. The lowest BCUT2D eigenvalue weighted by molar-refractivity contribution is 0.271. The third-order valence-corrected chi connectivity index (χ3v) is 2.18. The summed E-state index contributed by atoms with van der Waals surface area (Å²) in [6, 6.07) is 3.57. The molecule has 13 heavy (non-hydrogen) atoms. The fourth-order valence-corrected chi connectivity index (χ4v) is 1.45. The Kier molecular flexibility index (Phi) is 2.10. The van der Waals surface area contributed by atoms with Gasteiger partial charge in [0, 0.05) is 0 Å². The molecule has 0 amide bonds. The van der Waals surface area contributed by atoms with Crippen LogP contribution in [0.25, 0.3) is 0 Å². The monoisotopic (exact) mass is 198 g/mol. The van der Waals surface area contributed by atoms with Gasteiger partial charge in [-0.1, -0.05) is 17.7 Å². The van der Waals surface area contributed by atoms with E-state index in [0.29, 0.717) is 16.5 Å². The van der Waals surface area contributed by atoms with Crippen LogP contribution in [0.5, 0.6) is 11.5 Å². The predicted molar refractivity (Wildman–Crippen MR) is 50.3 cm³/mol. The molecule has 0 saturated heterocycles. The Hall–Kier alpha value is -0.865. The molecule has 1 heterocycles. The molecule has 0 radical (unpaired) electrons. The number of halogens is 1. The van der Waals surface area contributed by atoms with Gasteiger partial charge in [0.15, 0.2) is 5.75 Å². The van der Waals surface area contributed by atoms with E-state index in [4.69, 9.17) is 21.0 Å². The Morgan fingerprint density at radius 1 is 1.46 bits per heavy atom. The minimum absolute atomic E-state index is 0.121. The Bertz CT molecular complexity index is 342. The Balaban J connectivity index is 2.51. The Labute approximate surface area is 81.4 Å². The lowest BCUT2D eigenvalue weighted by atomic mass is 9.91. The summed E-state index contributed by atoms with van der Waals surface area (Å²) < 4.78 is 10.4. The van der Waals surface area contributed by atoms with Crippen molar-refractivity contribution in [2.45, 2.75) is 6.92 Å². The quantitative estimate of drug-likeness (QED) is 0.641. The Morgan fingerprint density at radius 3 is 3.00 bits per heavy atom. The third kappa shape index (κ3) is 1.47. The normalized spacial score (nSPS) is 14.5. The second kappa shape index (κ2) is 3.12. The predicted octanol–water partition coefficient (Wildman–Crippen LogP) is 1.44. The van der Waals surface area contributed by atoms with E-state index < -0.39 is 7.12 Å². The highest BCUT2D eigenvalue weighted by molar-refractivity contribution is 6.44. The minimum Gasteiger partial charge on any atom is -0.531 e. The van der Waals surface area contributed by atoms with E-state index >= 15 is 0 Å². The van der Waals surface area contributed by atoms with Crippen LogP contribution in [0.2, 0.25) is 5.02 Å². The SMILES string of the molecule is Cc1ccc(Cl)c2c1OB(O)CO2. The average Bonchev–Trinajstić information content (AvgIpc) is 2.12. The lowest BCUT2D eigenvalue weighted by Gasteiger charge is -2.22. The number of ether oxygens (including phenoxy) is 1. The van der Waals surface area contributed by atoms with Gasteiger partial charge < -0.3 is 14.4 Å². The van der Waals surface area contributed by atoms with E-state index in [-0.39, 0.29) is 6.51 Å². The number of fused-ring (bicyclic) bond motifs is 1. The van der Waals surface area contributed by atoms with Gasteiger partial charge in [0.2, 0.25) is 0 Å². The lowest BCUT2D eigenvalue weighted by Crippen LogP contribution is -2.34. The van der Waals surface area contributed by atoms with Gasteiger partial charge >= 0.3 is 7.12 Å². The standard InChI is InChI=1S/C8H8BClO3/c1-5-2-3-6(10)8-7(5)13-9(11)4-12-8/h2-3,11H,4H2,1H3. The molecule has 0 saturated carbocycles. The zero-order valence-electron chi connectivity index (χ0n) is 7.08. The molecule has 0 aromatic heterocycles. The van der Waals surface area contributed by atoms with Gasteiger partial charge in [0.1, 0.15) is 12.3 Å². The summed E-state index contributed by atoms with van der Waals surface area (Å²) >= 11 is 5.88. The van der Waals surface area contributed by atoms with Gasteiger partial charge in [-0.2, -0.15) is 0 Å². The number of rotatable bonds is 0. The summed E-state index contributed by atoms with van der Waals surface area (Å²) in [6.07, 6.45) is 0. The van der Waals surface area contributed by atoms with E-state index in [9.17, 15) is 5.02 Å². The van der Waals surface area contributed by atoms with Crippen LogP contribution in [-0.4, -0.2) is 18.6 Å². The first kappa shape index (κ1) is 8.72. The smallest absolute Gasteiger partial charge is 0.531 e. The van der Waals surface area contributed by atoms with Crippen LogP contribution in [0.1, 0.15) is 5.56 Å². The first-order chi connectivity index (χ1) is 6.18. The molecule has 0 spiro atoms. The van der Waals surface area contributed by atoms with Crippen molar-refractivity contribution in [3.8, 4) is 11.5 Å². The van der Waals surface area contributed by atoms with Crippen LogP contribution in [0.3, 0.4) is 0 Å². The number of hydrogen-bond donors (Lipinski definition) is 1. The molecule has 1 aliphatic rings. The molecule has 1 aliphatic heterocycles. The van der Waals surface area contributed by atoms with Crippen LogP contribution in [-0.2, 0) is 0 Å². The van der Waals surface area contributed by atoms with Crippen molar-refractivity contribution in [3.63, 3.8) is 0 Å². The van der Waals surface area contributed by atoms with Crippen molar-refractivity contribution in [2.75, 3.05) is 6.51 Å². The summed E-state index contributed by atoms with van der Waals surface area (Å²) in [5.74, 6) is 1.05. The van der Waals surface area contributed by atoms with Gasteiger partial charge in [-0.15, -0.1) is 0 Å². The maximum absolute atomic E-state index is 9.18. The summed E-state index contributed by atoms with van der Waals surface area (Å²) in [5, 5.41) is 9.69. The highest BCUT2D eigenvalue weighted by Crippen LogP contribution is 2.39. The number of aryl methyl sites for hydroxylation is 1. The van der Waals surface area contributed by atoms with Crippen molar-refractivity contribution in [2.24, 2.45) is 0 Å². The molecule has 5 heteroatoms. The van der Waals surface area contributed by atoms with Crippen molar-refractivity contribution >= 4 is 18.7 Å². The van der Waals surface area contributed by atoms with E-state index in [2.05, 4.69) is 0 Å². The second-order valence-electron chi connectivity index (χ2n) is 2.91. The van der Waals surface area contributed by atoms with Gasteiger partial charge in [-0.3, -0.25) is 0 Å². The molecule has 1 N–H and O–H groups in total. The maximum atomic E-state index is 9.18. The summed E-state index contributed by atoms with van der Waals surface area (Å²) in [5.41, 5.74) is 0.901. The highest BCUT2D eigenvalue weighted by Gasteiger charge is 2.27. The first-order valence-corrected chi connectivity index (χ1v) is 4.33. The molecule has 68 valence electrons. The molecule has 1 aromatic rings. The molecule has 0 aliphatic carbocycles. The van der Waals surface area contributed by atoms with Gasteiger partial charge in [0.25, 0.3) is 0 Å².